The molecule has 1 fully saturated rings. The SMILES string of the molecule is COC(=O)/C=C(\C(=O)OC)N1CCNCC1. The number of carbonyl (C=O) groups excluding carboxylic acids is 2. The Hall–Kier alpha value is -1.56. The molecule has 0 aromatic rings. The Labute approximate surface area is 94.2 Å². The van der Waals surface area contributed by atoms with Gasteiger partial charge in [0.15, 0.2) is 0 Å². The second-order valence-electron chi connectivity index (χ2n) is 3.28. The lowest BCUT2D eigenvalue weighted by Gasteiger charge is -2.29. The Morgan fingerprint density at radius 2 is 1.81 bits per heavy atom. The molecule has 90 valence electrons. The number of nitrogens with zero attached hydrogens (tertiary/aromatic N) is 1. The van der Waals surface area contributed by atoms with Crippen LogP contribution < -0.4 is 5.32 Å². The molecule has 0 aromatic heterocycles. The maximum atomic E-state index is 11.5. The van der Waals surface area contributed by atoms with Crippen molar-refractivity contribution in [1.82, 2.24) is 10.2 Å². The summed E-state index contributed by atoms with van der Waals surface area (Å²) in [4.78, 5) is 24.4. The Morgan fingerprint density at radius 3 is 2.31 bits per heavy atom. The minimum Gasteiger partial charge on any atom is -0.466 e. The fourth-order valence-corrected chi connectivity index (χ4v) is 1.46. The Bertz CT molecular complexity index is 295. The van der Waals surface area contributed by atoms with E-state index in [1.807, 2.05) is 0 Å². The quantitative estimate of drug-likeness (QED) is 0.500. The maximum absolute atomic E-state index is 11.5. The molecule has 0 saturated carbocycles. The highest BCUT2D eigenvalue weighted by Gasteiger charge is 2.21. The molecular weight excluding hydrogens is 212 g/mol. The summed E-state index contributed by atoms with van der Waals surface area (Å²) in [7, 11) is 2.56. The molecule has 0 spiro atoms. The molecule has 0 amide bonds. The van der Waals surface area contributed by atoms with E-state index < -0.39 is 11.9 Å². The predicted molar refractivity (Wildman–Crippen MR) is 56.6 cm³/mol. The standard InChI is InChI=1S/C10H16N2O4/c1-15-9(13)7-8(10(14)16-2)12-5-3-11-4-6-12/h7,11H,3-6H2,1-2H3/b8-7+. The molecule has 6 nitrogen and oxygen atoms in total. The first-order valence-electron chi connectivity index (χ1n) is 5.02. The van der Waals surface area contributed by atoms with E-state index in [0.717, 1.165) is 19.2 Å². The van der Waals surface area contributed by atoms with Gasteiger partial charge in [-0.25, -0.2) is 9.59 Å². The van der Waals surface area contributed by atoms with Gasteiger partial charge < -0.3 is 19.7 Å². The lowest BCUT2D eigenvalue weighted by Crippen LogP contribution is -2.44. The summed E-state index contributed by atoms with van der Waals surface area (Å²) >= 11 is 0. The number of piperazine rings is 1. The molecule has 0 aromatic carbocycles. The number of hydrogen-bond acceptors (Lipinski definition) is 6. The Kier molecular flexibility index (Phi) is 4.78. The third-order valence-electron chi connectivity index (χ3n) is 2.31. The number of methoxy groups -OCH3 is 2. The van der Waals surface area contributed by atoms with E-state index >= 15 is 0 Å². The molecule has 1 heterocycles. The molecule has 1 saturated heterocycles. The fraction of sp³-hybridized carbons (Fsp3) is 0.600. The molecule has 0 bridgehead atoms. The van der Waals surface area contributed by atoms with Gasteiger partial charge in [-0.15, -0.1) is 0 Å². The molecule has 1 rings (SSSR count). The van der Waals surface area contributed by atoms with Crippen molar-refractivity contribution in [2.24, 2.45) is 0 Å². The Morgan fingerprint density at radius 1 is 1.19 bits per heavy atom. The van der Waals surface area contributed by atoms with Crippen molar-refractivity contribution < 1.29 is 19.1 Å². The summed E-state index contributed by atoms with van der Waals surface area (Å²) in [6.45, 7) is 2.88. The molecule has 1 N–H and O–H groups in total. The second kappa shape index (κ2) is 6.12. The van der Waals surface area contributed by atoms with Crippen LogP contribution in [-0.4, -0.2) is 57.2 Å². The lowest BCUT2D eigenvalue weighted by molar-refractivity contribution is -0.140. The van der Waals surface area contributed by atoms with Gasteiger partial charge in [0.1, 0.15) is 5.70 Å². The van der Waals surface area contributed by atoms with E-state index in [4.69, 9.17) is 0 Å². The van der Waals surface area contributed by atoms with E-state index in [2.05, 4.69) is 14.8 Å². The highest BCUT2D eigenvalue weighted by molar-refractivity contribution is 5.95. The first-order valence-corrected chi connectivity index (χ1v) is 5.02. The van der Waals surface area contributed by atoms with Crippen LogP contribution in [0.15, 0.2) is 11.8 Å². The summed E-state index contributed by atoms with van der Waals surface area (Å²) in [6.07, 6.45) is 1.16. The molecule has 16 heavy (non-hydrogen) atoms. The van der Waals surface area contributed by atoms with Gasteiger partial charge in [-0.3, -0.25) is 0 Å². The third kappa shape index (κ3) is 3.23. The number of esters is 2. The normalized spacial score (nSPS) is 16.9. The summed E-state index contributed by atoms with van der Waals surface area (Å²) in [5, 5.41) is 3.16. The highest BCUT2D eigenvalue weighted by atomic mass is 16.5. The molecule has 0 aliphatic carbocycles. The summed E-state index contributed by atoms with van der Waals surface area (Å²) in [5.74, 6) is -1.08. The van der Waals surface area contributed by atoms with E-state index in [1.165, 1.54) is 14.2 Å². The first kappa shape index (κ1) is 12.5. The topological polar surface area (TPSA) is 67.9 Å². The number of nitrogens with one attached hydrogen (secondary N) is 1. The van der Waals surface area contributed by atoms with Crippen LogP contribution in [0.1, 0.15) is 0 Å². The zero-order chi connectivity index (χ0) is 12.0. The van der Waals surface area contributed by atoms with E-state index in [9.17, 15) is 9.59 Å². The third-order valence-corrected chi connectivity index (χ3v) is 2.31. The molecule has 1 aliphatic heterocycles. The fourth-order valence-electron chi connectivity index (χ4n) is 1.46. The van der Waals surface area contributed by atoms with Crippen LogP contribution in [0.3, 0.4) is 0 Å². The number of ether oxygens (including phenoxy) is 2. The van der Waals surface area contributed by atoms with Crippen LogP contribution in [0.2, 0.25) is 0 Å². The molecule has 0 radical (unpaired) electrons. The number of carbonyl (C=O) groups is 2. The van der Waals surface area contributed by atoms with Crippen molar-refractivity contribution in [3.8, 4) is 0 Å². The zero-order valence-corrected chi connectivity index (χ0v) is 9.49. The molecule has 1 aliphatic rings. The van der Waals surface area contributed by atoms with Crippen LogP contribution in [0.4, 0.5) is 0 Å². The molecule has 6 heteroatoms. The average molecular weight is 228 g/mol. The van der Waals surface area contributed by atoms with Crippen molar-refractivity contribution in [3.05, 3.63) is 11.8 Å². The minimum atomic E-state index is -0.557. The van der Waals surface area contributed by atoms with E-state index in [1.54, 1.807) is 4.90 Å². The summed E-state index contributed by atoms with van der Waals surface area (Å²) in [6, 6.07) is 0. The van der Waals surface area contributed by atoms with Gasteiger partial charge in [-0.1, -0.05) is 0 Å². The van der Waals surface area contributed by atoms with Crippen molar-refractivity contribution in [2.75, 3.05) is 40.4 Å². The second-order valence-corrected chi connectivity index (χ2v) is 3.28. The van der Waals surface area contributed by atoms with Crippen LogP contribution in [0, 0.1) is 0 Å². The Balaban J connectivity index is 2.81. The first-order chi connectivity index (χ1) is 7.69. The van der Waals surface area contributed by atoms with Gasteiger partial charge in [0.2, 0.25) is 0 Å². The molecule has 0 atom stereocenters. The maximum Gasteiger partial charge on any atom is 0.354 e. The molecule has 0 unspecified atom stereocenters. The van der Waals surface area contributed by atoms with Gasteiger partial charge >= 0.3 is 11.9 Å². The number of hydrogen-bond donors (Lipinski definition) is 1. The van der Waals surface area contributed by atoms with E-state index in [-0.39, 0.29) is 5.70 Å². The summed E-state index contributed by atoms with van der Waals surface area (Å²) in [5.41, 5.74) is 0.246. The predicted octanol–water partition coefficient (Wildman–Crippen LogP) is -0.878. The van der Waals surface area contributed by atoms with Gasteiger partial charge in [0, 0.05) is 26.2 Å². The number of rotatable bonds is 3. The van der Waals surface area contributed by atoms with Crippen molar-refractivity contribution in [2.45, 2.75) is 0 Å². The largest absolute Gasteiger partial charge is 0.466 e. The summed E-state index contributed by atoms with van der Waals surface area (Å²) < 4.78 is 9.13. The van der Waals surface area contributed by atoms with E-state index in [0.29, 0.717) is 13.1 Å². The van der Waals surface area contributed by atoms with Crippen LogP contribution in [0.5, 0.6) is 0 Å². The van der Waals surface area contributed by atoms with Crippen LogP contribution >= 0.6 is 0 Å². The zero-order valence-electron chi connectivity index (χ0n) is 9.49. The van der Waals surface area contributed by atoms with Gasteiger partial charge in [0.05, 0.1) is 20.3 Å². The van der Waals surface area contributed by atoms with Gasteiger partial charge in [-0.2, -0.15) is 0 Å². The van der Waals surface area contributed by atoms with Crippen molar-refractivity contribution in [3.63, 3.8) is 0 Å². The lowest BCUT2D eigenvalue weighted by atomic mass is 10.3. The van der Waals surface area contributed by atoms with Gasteiger partial charge in [-0.05, 0) is 0 Å². The highest BCUT2D eigenvalue weighted by Crippen LogP contribution is 2.08. The monoisotopic (exact) mass is 228 g/mol. The smallest absolute Gasteiger partial charge is 0.354 e. The van der Waals surface area contributed by atoms with Crippen LogP contribution in [0.25, 0.3) is 0 Å². The van der Waals surface area contributed by atoms with Crippen molar-refractivity contribution >= 4 is 11.9 Å². The van der Waals surface area contributed by atoms with Crippen LogP contribution in [-0.2, 0) is 19.1 Å². The minimum absolute atomic E-state index is 0.246. The van der Waals surface area contributed by atoms with Crippen molar-refractivity contribution in [1.29, 1.82) is 0 Å². The average Bonchev–Trinajstić information content (AvgIpc) is 2.35. The van der Waals surface area contributed by atoms with Gasteiger partial charge in [0.25, 0.3) is 0 Å². The molecular formula is C10H16N2O4.